The Balaban J connectivity index is 3.81. The predicted molar refractivity (Wildman–Crippen MR) is 59.2 cm³/mol. The molecule has 0 aliphatic heterocycles. The lowest BCUT2D eigenvalue weighted by Crippen LogP contribution is -2.35. The highest BCUT2D eigenvalue weighted by molar-refractivity contribution is 7.89. The molecule has 0 aliphatic rings. The smallest absolute Gasteiger partial charge is 0.211 e. The van der Waals surface area contributed by atoms with Gasteiger partial charge >= 0.3 is 0 Å². The fraction of sp³-hybridized carbons (Fsp3) is 1.00. The average molecular weight is 239 g/mol. The molecule has 1 atom stereocenters. The quantitative estimate of drug-likeness (QED) is 0.560. The number of hydrogen-bond donors (Lipinski definition) is 2. The molecule has 0 radical (unpaired) electrons. The van der Waals surface area contributed by atoms with E-state index in [2.05, 4.69) is 4.72 Å². The second-order valence-corrected chi connectivity index (χ2v) is 5.42. The largest absolute Gasteiger partial charge is 0.396 e. The summed E-state index contributed by atoms with van der Waals surface area (Å²) >= 11 is 0. The van der Waals surface area contributed by atoms with Crippen LogP contribution in [0, 0.1) is 0 Å². The normalized spacial score (nSPS) is 14.1. The Morgan fingerprint density at radius 2 is 2.07 bits per heavy atom. The van der Waals surface area contributed by atoms with Crippen LogP contribution in [0.2, 0.25) is 0 Å². The Morgan fingerprint density at radius 1 is 1.40 bits per heavy atom. The first-order valence-electron chi connectivity index (χ1n) is 5.11. The Kier molecular flexibility index (Phi) is 7.95. The van der Waals surface area contributed by atoms with Gasteiger partial charge in [0.1, 0.15) is 0 Å². The van der Waals surface area contributed by atoms with E-state index in [9.17, 15) is 8.42 Å². The average Bonchev–Trinajstić information content (AvgIpc) is 2.14. The standard InChI is InChI=1S/C9H21NO4S/c1-9(5-7-14-2)10-15(12,13)8-4-3-6-11/h9-11H,3-8H2,1-2H3. The molecule has 6 heteroatoms. The Hall–Kier alpha value is -0.170. The van der Waals surface area contributed by atoms with E-state index in [1.165, 1.54) is 0 Å². The van der Waals surface area contributed by atoms with Crippen LogP contribution < -0.4 is 4.72 Å². The minimum absolute atomic E-state index is 0.0365. The van der Waals surface area contributed by atoms with Gasteiger partial charge in [-0.25, -0.2) is 13.1 Å². The zero-order chi connectivity index (χ0) is 11.7. The van der Waals surface area contributed by atoms with Crippen molar-refractivity contribution in [2.75, 3.05) is 26.1 Å². The molecule has 0 amide bonds. The van der Waals surface area contributed by atoms with Crippen molar-refractivity contribution in [1.29, 1.82) is 0 Å². The highest BCUT2D eigenvalue weighted by Gasteiger charge is 2.13. The molecule has 0 saturated carbocycles. The molecule has 0 aromatic carbocycles. The summed E-state index contributed by atoms with van der Waals surface area (Å²) in [6.07, 6.45) is 1.67. The number of methoxy groups -OCH3 is 1. The van der Waals surface area contributed by atoms with Crippen LogP contribution >= 0.6 is 0 Å². The minimum atomic E-state index is -3.20. The molecule has 0 spiro atoms. The lowest BCUT2D eigenvalue weighted by atomic mass is 10.3. The Labute approximate surface area is 91.9 Å². The molecular weight excluding hydrogens is 218 g/mol. The van der Waals surface area contributed by atoms with E-state index < -0.39 is 10.0 Å². The molecule has 0 fully saturated rings. The number of hydrogen-bond acceptors (Lipinski definition) is 4. The monoisotopic (exact) mass is 239 g/mol. The van der Waals surface area contributed by atoms with Crippen molar-refractivity contribution in [2.24, 2.45) is 0 Å². The molecule has 92 valence electrons. The van der Waals surface area contributed by atoms with Crippen LogP contribution in [0.25, 0.3) is 0 Å². The van der Waals surface area contributed by atoms with E-state index >= 15 is 0 Å². The van der Waals surface area contributed by atoms with Gasteiger partial charge in [0.05, 0.1) is 5.75 Å². The summed E-state index contributed by atoms with van der Waals surface area (Å²) < 4.78 is 30.3. The van der Waals surface area contributed by atoms with Gasteiger partial charge in [-0.3, -0.25) is 0 Å². The van der Waals surface area contributed by atoms with Gasteiger partial charge < -0.3 is 9.84 Å². The molecule has 2 N–H and O–H groups in total. The summed E-state index contributed by atoms with van der Waals surface area (Å²) in [5.41, 5.74) is 0. The third-order valence-corrected chi connectivity index (χ3v) is 3.54. The fourth-order valence-electron chi connectivity index (χ4n) is 1.12. The number of nitrogens with one attached hydrogen (secondary N) is 1. The van der Waals surface area contributed by atoms with E-state index in [0.29, 0.717) is 25.9 Å². The van der Waals surface area contributed by atoms with Crippen LogP contribution in [-0.4, -0.2) is 45.6 Å². The van der Waals surface area contributed by atoms with Crippen molar-refractivity contribution < 1.29 is 18.3 Å². The number of rotatable bonds is 9. The molecule has 0 aliphatic carbocycles. The van der Waals surface area contributed by atoms with Crippen molar-refractivity contribution in [3.05, 3.63) is 0 Å². The Morgan fingerprint density at radius 3 is 2.60 bits per heavy atom. The van der Waals surface area contributed by atoms with E-state index in [4.69, 9.17) is 9.84 Å². The van der Waals surface area contributed by atoms with E-state index in [-0.39, 0.29) is 18.4 Å². The van der Waals surface area contributed by atoms with Gasteiger partial charge in [0.15, 0.2) is 0 Å². The summed E-state index contributed by atoms with van der Waals surface area (Å²) in [7, 11) is -1.61. The summed E-state index contributed by atoms with van der Waals surface area (Å²) in [5, 5.41) is 8.53. The maximum atomic E-state index is 11.4. The van der Waals surface area contributed by atoms with Crippen molar-refractivity contribution >= 4 is 10.0 Å². The number of aliphatic hydroxyl groups is 1. The van der Waals surface area contributed by atoms with Gasteiger partial charge in [-0.15, -0.1) is 0 Å². The second kappa shape index (κ2) is 8.04. The zero-order valence-electron chi connectivity index (χ0n) is 9.40. The van der Waals surface area contributed by atoms with E-state index in [1.807, 2.05) is 6.92 Å². The highest BCUT2D eigenvalue weighted by atomic mass is 32.2. The van der Waals surface area contributed by atoms with Crippen LogP contribution in [0.15, 0.2) is 0 Å². The summed E-state index contributed by atoms with van der Waals surface area (Å²) in [5.74, 6) is 0.0743. The topological polar surface area (TPSA) is 75.6 Å². The van der Waals surface area contributed by atoms with E-state index in [1.54, 1.807) is 7.11 Å². The van der Waals surface area contributed by atoms with Gasteiger partial charge in [-0.1, -0.05) is 0 Å². The molecule has 1 unspecified atom stereocenters. The SMILES string of the molecule is COCCC(C)NS(=O)(=O)CCCCO. The fourth-order valence-corrected chi connectivity index (χ4v) is 2.56. The van der Waals surface area contributed by atoms with Crippen molar-refractivity contribution in [1.82, 2.24) is 4.72 Å². The van der Waals surface area contributed by atoms with Crippen LogP contribution in [0.1, 0.15) is 26.2 Å². The van der Waals surface area contributed by atoms with Crippen molar-refractivity contribution in [3.8, 4) is 0 Å². The second-order valence-electron chi connectivity index (χ2n) is 3.55. The third kappa shape index (κ3) is 8.80. The number of aliphatic hydroxyl groups excluding tert-OH is 1. The first-order chi connectivity index (χ1) is 7.02. The lowest BCUT2D eigenvalue weighted by molar-refractivity contribution is 0.188. The first kappa shape index (κ1) is 14.8. The zero-order valence-corrected chi connectivity index (χ0v) is 10.2. The maximum Gasteiger partial charge on any atom is 0.211 e. The van der Waals surface area contributed by atoms with Crippen LogP contribution in [-0.2, 0) is 14.8 Å². The molecule has 0 saturated heterocycles. The first-order valence-corrected chi connectivity index (χ1v) is 6.77. The van der Waals surface area contributed by atoms with Gasteiger partial charge in [0.25, 0.3) is 0 Å². The van der Waals surface area contributed by atoms with Gasteiger partial charge in [-0.05, 0) is 26.2 Å². The highest BCUT2D eigenvalue weighted by Crippen LogP contribution is 1.98. The molecule has 5 nitrogen and oxygen atoms in total. The summed E-state index contributed by atoms with van der Waals surface area (Å²) in [6.45, 7) is 2.39. The van der Waals surface area contributed by atoms with Crippen LogP contribution in [0.4, 0.5) is 0 Å². The van der Waals surface area contributed by atoms with E-state index in [0.717, 1.165) is 0 Å². The van der Waals surface area contributed by atoms with Crippen molar-refractivity contribution in [2.45, 2.75) is 32.2 Å². The number of ether oxygens (including phenoxy) is 1. The van der Waals surface area contributed by atoms with Crippen molar-refractivity contribution in [3.63, 3.8) is 0 Å². The molecule has 0 aromatic rings. The summed E-state index contributed by atoms with van der Waals surface area (Å²) in [6, 6.07) is -0.107. The van der Waals surface area contributed by atoms with Crippen LogP contribution in [0.5, 0.6) is 0 Å². The molecular formula is C9H21NO4S. The minimum Gasteiger partial charge on any atom is -0.396 e. The molecule has 15 heavy (non-hydrogen) atoms. The van der Waals surface area contributed by atoms with Crippen LogP contribution in [0.3, 0.4) is 0 Å². The van der Waals surface area contributed by atoms with Gasteiger partial charge in [0.2, 0.25) is 10.0 Å². The number of sulfonamides is 1. The Bertz CT molecular complexity index is 240. The molecule has 0 aromatic heterocycles. The third-order valence-electron chi connectivity index (χ3n) is 1.96. The maximum absolute atomic E-state index is 11.4. The molecule has 0 rings (SSSR count). The van der Waals surface area contributed by atoms with Gasteiger partial charge in [-0.2, -0.15) is 0 Å². The summed E-state index contributed by atoms with van der Waals surface area (Å²) in [4.78, 5) is 0. The predicted octanol–water partition coefficient (Wildman–Crippen LogP) is 0.103. The van der Waals surface area contributed by atoms with Gasteiger partial charge in [0, 0.05) is 26.4 Å². The lowest BCUT2D eigenvalue weighted by Gasteiger charge is -2.13. The number of unbranched alkanes of at least 4 members (excludes halogenated alkanes) is 1. The molecule has 0 heterocycles. The molecule has 0 bridgehead atoms.